The van der Waals surface area contributed by atoms with Crippen LogP contribution in [0.5, 0.6) is 0 Å². The van der Waals surface area contributed by atoms with Gasteiger partial charge in [0.05, 0.1) is 0 Å². The van der Waals surface area contributed by atoms with Gasteiger partial charge in [0.1, 0.15) is 17.0 Å². The van der Waals surface area contributed by atoms with Gasteiger partial charge in [0.2, 0.25) is 11.8 Å². The van der Waals surface area contributed by atoms with E-state index in [1.165, 1.54) is 6.08 Å². The van der Waals surface area contributed by atoms with E-state index < -0.39 is 0 Å². The van der Waals surface area contributed by atoms with E-state index >= 15 is 0 Å². The van der Waals surface area contributed by atoms with Gasteiger partial charge in [-0.3, -0.25) is 4.79 Å². The maximum Gasteiger partial charge on any atom is 0.248 e. The smallest absolute Gasteiger partial charge is 0.248 e. The summed E-state index contributed by atoms with van der Waals surface area (Å²) in [5.74, 6) is 1.36. The van der Waals surface area contributed by atoms with Crippen LogP contribution < -0.4 is 5.32 Å². The zero-order valence-corrected chi connectivity index (χ0v) is 21.4. The molecule has 0 spiro atoms. The van der Waals surface area contributed by atoms with Gasteiger partial charge in [0.15, 0.2) is 5.58 Å². The highest BCUT2D eigenvalue weighted by atomic mass is 35.5. The summed E-state index contributed by atoms with van der Waals surface area (Å²) in [4.78, 5) is 17.3. The second-order valence-electron chi connectivity index (χ2n) is 8.61. The SMILES string of the molecule is Cc1cc(C)c2oc(-c3cccc(NC(=O)/C=C/c4ccc(-c5cc(Cl)cc(Cl)c5)o4)c3C)nc2c1. The lowest BCUT2D eigenvalue weighted by Gasteiger charge is -2.09. The summed E-state index contributed by atoms with van der Waals surface area (Å²) in [5.41, 5.74) is 6.86. The number of aromatic nitrogens is 1. The van der Waals surface area contributed by atoms with Crippen molar-refractivity contribution in [2.75, 3.05) is 5.32 Å². The summed E-state index contributed by atoms with van der Waals surface area (Å²) < 4.78 is 11.9. The van der Waals surface area contributed by atoms with Gasteiger partial charge in [-0.2, -0.15) is 0 Å². The van der Waals surface area contributed by atoms with E-state index in [0.29, 0.717) is 33.1 Å². The predicted octanol–water partition coefficient (Wildman–Crippen LogP) is 8.64. The van der Waals surface area contributed by atoms with Crippen LogP contribution >= 0.6 is 23.2 Å². The van der Waals surface area contributed by atoms with Gasteiger partial charge in [0.25, 0.3) is 0 Å². The van der Waals surface area contributed by atoms with Gasteiger partial charge >= 0.3 is 0 Å². The lowest BCUT2D eigenvalue weighted by atomic mass is 10.1. The van der Waals surface area contributed by atoms with Gasteiger partial charge < -0.3 is 14.2 Å². The maximum absolute atomic E-state index is 12.7. The summed E-state index contributed by atoms with van der Waals surface area (Å²) in [5, 5.41) is 3.97. The number of benzene rings is 3. The molecule has 0 bridgehead atoms. The highest BCUT2D eigenvalue weighted by molar-refractivity contribution is 6.35. The summed E-state index contributed by atoms with van der Waals surface area (Å²) in [6.45, 7) is 5.97. The molecule has 180 valence electrons. The highest BCUT2D eigenvalue weighted by Crippen LogP contribution is 2.32. The molecule has 5 aromatic rings. The summed E-state index contributed by atoms with van der Waals surface area (Å²) >= 11 is 12.2. The minimum atomic E-state index is -0.289. The molecule has 1 amide bonds. The molecule has 5 rings (SSSR count). The number of nitrogens with zero attached hydrogens (tertiary/aromatic N) is 1. The Kier molecular flexibility index (Phi) is 6.44. The van der Waals surface area contributed by atoms with Crippen molar-refractivity contribution >= 4 is 52.0 Å². The summed E-state index contributed by atoms with van der Waals surface area (Å²) in [6, 6.07) is 18.5. The first-order valence-electron chi connectivity index (χ1n) is 11.3. The number of hydrogen-bond acceptors (Lipinski definition) is 4. The van der Waals surface area contributed by atoms with Gasteiger partial charge in [0, 0.05) is 32.9 Å². The Bertz CT molecular complexity index is 1630. The van der Waals surface area contributed by atoms with Crippen LogP contribution in [0.25, 0.3) is 40.0 Å². The van der Waals surface area contributed by atoms with Crippen LogP contribution in [0.4, 0.5) is 5.69 Å². The van der Waals surface area contributed by atoms with Crippen molar-refractivity contribution in [3.05, 3.63) is 99.2 Å². The lowest BCUT2D eigenvalue weighted by molar-refractivity contribution is -0.111. The molecule has 0 radical (unpaired) electrons. The van der Waals surface area contributed by atoms with Crippen molar-refractivity contribution in [3.63, 3.8) is 0 Å². The number of rotatable bonds is 5. The Balaban J connectivity index is 1.34. The fourth-order valence-electron chi connectivity index (χ4n) is 4.12. The number of halogens is 2. The fraction of sp³-hybridized carbons (Fsp3) is 0.103. The predicted molar refractivity (Wildman–Crippen MR) is 145 cm³/mol. The third kappa shape index (κ3) is 4.94. The number of anilines is 1. The molecular weight excluding hydrogens is 495 g/mol. The number of aryl methyl sites for hydroxylation is 2. The van der Waals surface area contributed by atoms with Crippen LogP contribution in [0.2, 0.25) is 10.0 Å². The average molecular weight is 517 g/mol. The molecular formula is C29H22Cl2N2O3. The molecule has 0 saturated heterocycles. The molecule has 7 heteroatoms. The van der Waals surface area contributed by atoms with Crippen molar-refractivity contribution in [2.24, 2.45) is 0 Å². The topological polar surface area (TPSA) is 68.3 Å². The minimum absolute atomic E-state index is 0.289. The van der Waals surface area contributed by atoms with Crippen LogP contribution in [0.3, 0.4) is 0 Å². The molecule has 1 N–H and O–H groups in total. The number of carbonyl (C=O) groups excluding carboxylic acids is 1. The van der Waals surface area contributed by atoms with Crippen LogP contribution in [0.1, 0.15) is 22.5 Å². The molecule has 0 aliphatic rings. The van der Waals surface area contributed by atoms with Crippen LogP contribution in [0, 0.1) is 20.8 Å². The zero-order chi connectivity index (χ0) is 25.4. The van der Waals surface area contributed by atoms with Gasteiger partial charge in [-0.1, -0.05) is 35.3 Å². The van der Waals surface area contributed by atoms with E-state index in [1.54, 1.807) is 36.4 Å². The van der Waals surface area contributed by atoms with Crippen molar-refractivity contribution in [3.8, 4) is 22.8 Å². The Morgan fingerprint density at radius 1 is 0.944 bits per heavy atom. The monoisotopic (exact) mass is 516 g/mol. The zero-order valence-electron chi connectivity index (χ0n) is 19.9. The van der Waals surface area contributed by atoms with Crippen LogP contribution in [0.15, 0.2) is 75.6 Å². The second-order valence-corrected chi connectivity index (χ2v) is 9.48. The standard InChI is InChI=1S/C29H22Cl2N2O3/c1-16-11-17(2)28-25(12-16)33-29(36-28)23-5-4-6-24(18(23)3)32-27(34)10-8-22-7-9-26(35-22)19-13-20(30)15-21(31)14-19/h4-15H,1-3H3,(H,32,34)/b10-8+. The van der Waals surface area contributed by atoms with Crippen molar-refractivity contribution in [1.82, 2.24) is 4.98 Å². The quantitative estimate of drug-likeness (QED) is 0.237. The van der Waals surface area contributed by atoms with Gasteiger partial charge in [-0.05, 0) is 92.1 Å². The molecule has 0 unspecified atom stereocenters. The summed E-state index contributed by atoms with van der Waals surface area (Å²) in [6.07, 6.45) is 3.03. The number of hydrogen-bond donors (Lipinski definition) is 1. The normalized spacial score (nSPS) is 11.5. The van der Waals surface area contributed by atoms with Crippen molar-refractivity contribution in [1.29, 1.82) is 0 Å². The number of oxazole rings is 1. The summed E-state index contributed by atoms with van der Waals surface area (Å²) in [7, 11) is 0. The molecule has 0 fully saturated rings. The van der Waals surface area contributed by atoms with E-state index in [0.717, 1.165) is 38.9 Å². The third-order valence-electron chi connectivity index (χ3n) is 5.81. The van der Waals surface area contributed by atoms with Crippen molar-refractivity contribution in [2.45, 2.75) is 20.8 Å². The molecule has 5 nitrogen and oxygen atoms in total. The van der Waals surface area contributed by atoms with E-state index in [2.05, 4.69) is 16.4 Å². The second kappa shape index (κ2) is 9.69. The third-order valence-corrected chi connectivity index (χ3v) is 6.25. The first-order valence-corrected chi connectivity index (χ1v) is 12.1. The number of furan rings is 1. The van der Waals surface area contributed by atoms with Crippen LogP contribution in [-0.4, -0.2) is 10.9 Å². The Morgan fingerprint density at radius 3 is 2.50 bits per heavy atom. The first-order chi connectivity index (χ1) is 17.3. The van der Waals surface area contributed by atoms with Gasteiger partial charge in [-0.25, -0.2) is 4.98 Å². The Morgan fingerprint density at radius 2 is 1.72 bits per heavy atom. The lowest BCUT2D eigenvalue weighted by Crippen LogP contribution is -2.09. The number of fused-ring (bicyclic) bond motifs is 1. The first kappa shape index (κ1) is 23.9. The van der Waals surface area contributed by atoms with E-state index in [9.17, 15) is 4.79 Å². The molecule has 0 aliphatic heterocycles. The molecule has 2 heterocycles. The highest BCUT2D eigenvalue weighted by Gasteiger charge is 2.15. The molecule has 3 aromatic carbocycles. The Hall–Kier alpha value is -3.80. The Labute approximate surface area is 218 Å². The van der Waals surface area contributed by atoms with E-state index in [1.807, 2.05) is 45.0 Å². The van der Waals surface area contributed by atoms with Crippen LogP contribution in [-0.2, 0) is 4.79 Å². The van der Waals surface area contributed by atoms with E-state index in [4.69, 9.17) is 32.0 Å². The molecule has 0 aliphatic carbocycles. The van der Waals surface area contributed by atoms with E-state index in [-0.39, 0.29) is 5.91 Å². The minimum Gasteiger partial charge on any atom is -0.457 e. The largest absolute Gasteiger partial charge is 0.457 e. The maximum atomic E-state index is 12.7. The molecule has 2 aromatic heterocycles. The molecule has 36 heavy (non-hydrogen) atoms. The molecule has 0 atom stereocenters. The van der Waals surface area contributed by atoms with Gasteiger partial charge in [-0.15, -0.1) is 0 Å². The number of nitrogens with one attached hydrogen (secondary N) is 1. The number of amides is 1. The molecule has 0 saturated carbocycles. The average Bonchev–Trinajstić information content (AvgIpc) is 3.46. The number of carbonyl (C=O) groups is 1. The fourth-order valence-corrected chi connectivity index (χ4v) is 4.65. The van der Waals surface area contributed by atoms with Crippen molar-refractivity contribution < 1.29 is 13.6 Å².